The third-order valence-electron chi connectivity index (χ3n) is 6.57. The summed E-state index contributed by atoms with van der Waals surface area (Å²) >= 11 is 0. The number of alkyl halides is 6. The molecule has 0 spiro atoms. The molecule has 1 aromatic heterocycles. The molecule has 222 valence electrons. The number of nitrogens with zero attached hydrogens (tertiary/aromatic N) is 5. The van der Waals surface area contributed by atoms with E-state index < -0.39 is 29.7 Å². The minimum absolute atomic E-state index is 0.0733. The van der Waals surface area contributed by atoms with Crippen LogP contribution < -0.4 is 10.1 Å². The lowest BCUT2D eigenvalue weighted by Gasteiger charge is -2.40. The average molecular weight is 587 g/mol. The van der Waals surface area contributed by atoms with Crippen LogP contribution in [0.4, 0.5) is 26.3 Å². The van der Waals surface area contributed by atoms with Crippen LogP contribution in [0, 0.1) is 0 Å². The van der Waals surface area contributed by atoms with Crippen LogP contribution in [0.2, 0.25) is 0 Å². The van der Waals surface area contributed by atoms with Crippen molar-refractivity contribution in [1.82, 2.24) is 30.4 Å². The second kappa shape index (κ2) is 11.6. The molecule has 1 aliphatic heterocycles. The number of piperidine rings is 1. The molecule has 0 radical (unpaired) electrons. The van der Waals surface area contributed by atoms with E-state index in [1.165, 1.54) is 13.8 Å². The molecule has 3 aromatic rings. The van der Waals surface area contributed by atoms with Crippen LogP contribution in [0.15, 0.2) is 48.5 Å². The Hall–Kier alpha value is -3.72. The van der Waals surface area contributed by atoms with Crippen molar-refractivity contribution in [3.63, 3.8) is 0 Å². The third kappa shape index (κ3) is 7.94. The lowest BCUT2D eigenvalue weighted by molar-refractivity contribution is -0.274. The van der Waals surface area contributed by atoms with Crippen LogP contribution in [-0.2, 0) is 17.5 Å². The SMILES string of the molecule is CC(C)(O)CC(=O)N1CC[C@H](NCc2cc(-n3nnnc3C(F)(F)F)ccc2OC(F)(F)F)[C@H](c2ccccc2)C1. The van der Waals surface area contributed by atoms with Crippen molar-refractivity contribution >= 4 is 5.91 Å². The normalized spacial score (nSPS) is 18.4. The molecule has 41 heavy (non-hydrogen) atoms. The van der Waals surface area contributed by atoms with Crippen molar-refractivity contribution in [2.24, 2.45) is 0 Å². The first-order valence-electron chi connectivity index (χ1n) is 12.6. The molecule has 0 aliphatic carbocycles. The first-order valence-corrected chi connectivity index (χ1v) is 12.6. The summed E-state index contributed by atoms with van der Waals surface area (Å²) in [5.41, 5.74) is -0.592. The summed E-state index contributed by atoms with van der Waals surface area (Å²) in [4.78, 5) is 14.5. The molecule has 2 aromatic carbocycles. The van der Waals surface area contributed by atoms with Crippen LogP contribution in [-0.4, -0.2) is 67.2 Å². The Balaban J connectivity index is 1.61. The Labute approximate surface area is 231 Å². The van der Waals surface area contributed by atoms with Gasteiger partial charge in [0.2, 0.25) is 5.91 Å². The number of benzene rings is 2. The second-order valence-corrected chi connectivity index (χ2v) is 10.4. The summed E-state index contributed by atoms with van der Waals surface area (Å²) in [6.07, 6.45) is -9.59. The van der Waals surface area contributed by atoms with E-state index in [4.69, 9.17) is 0 Å². The predicted molar refractivity (Wildman–Crippen MR) is 133 cm³/mol. The van der Waals surface area contributed by atoms with Gasteiger partial charge in [-0.25, -0.2) is 0 Å². The van der Waals surface area contributed by atoms with Crippen molar-refractivity contribution < 1.29 is 41.0 Å². The van der Waals surface area contributed by atoms with Gasteiger partial charge in [-0.2, -0.15) is 17.9 Å². The number of tetrazole rings is 1. The fourth-order valence-corrected chi connectivity index (χ4v) is 4.78. The molecule has 1 fully saturated rings. The van der Waals surface area contributed by atoms with E-state index in [0.717, 1.165) is 23.8 Å². The quantitative estimate of drug-likeness (QED) is 0.381. The number of ether oxygens (including phenoxy) is 1. The zero-order valence-electron chi connectivity index (χ0n) is 22.1. The van der Waals surface area contributed by atoms with Gasteiger partial charge in [0.15, 0.2) is 0 Å². The smallest absolute Gasteiger partial charge is 0.405 e. The highest BCUT2D eigenvalue weighted by molar-refractivity contribution is 5.77. The zero-order chi connectivity index (χ0) is 30.0. The van der Waals surface area contributed by atoms with Gasteiger partial charge >= 0.3 is 12.5 Å². The van der Waals surface area contributed by atoms with E-state index in [2.05, 4.69) is 25.6 Å². The summed E-state index contributed by atoms with van der Waals surface area (Å²) < 4.78 is 84.0. The molecule has 1 saturated heterocycles. The van der Waals surface area contributed by atoms with E-state index in [0.29, 0.717) is 24.2 Å². The Morgan fingerprint density at radius 1 is 1.10 bits per heavy atom. The van der Waals surface area contributed by atoms with Crippen LogP contribution in [0.25, 0.3) is 5.69 Å². The van der Waals surface area contributed by atoms with Gasteiger partial charge in [0.25, 0.3) is 5.82 Å². The molecular formula is C26H28F6N6O3. The summed E-state index contributed by atoms with van der Waals surface area (Å²) in [5.74, 6) is -2.52. The number of rotatable bonds is 8. The number of aromatic nitrogens is 4. The highest BCUT2D eigenvalue weighted by atomic mass is 19.4. The average Bonchev–Trinajstić information content (AvgIpc) is 3.38. The van der Waals surface area contributed by atoms with Crippen LogP contribution >= 0.6 is 0 Å². The predicted octanol–water partition coefficient (Wildman–Crippen LogP) is 4.22. The molecule has 4 rings (SSSR count). The molecule has 0 bridgehead atoms. The largest absolute Gasteiger partial charge is 0.573 e. The first kappa shape index (κ1) is 30.2. The molecule has 2 heterocycles. The molecule has 2 N–H and O–H groups in total. The Morgan fingerprint density at radius 2 is 1.80 bits per heavy atom. The van der Waals surface area contributed by atoms with Crippen molar-refractivity contribution in [2.75, 3.05) is 13.1 Å². The van der Waals surface area contributed by atoms with Crippen LogP contribution in [0.3, 0.4) is 0 Å². The molecule has 1 amide bonds. The van der Waals surface area contributed by atoms with Crippen molar-refractivity contribution in [2.45, 2.75) is 63.3 Å². The van der Waals surface area contributed by atoms with Gasteiger partial charge in [0.1, 0.15) is 5.75 Å². The van der Waals surface area contributed by atoms with Crippen LogP contribution in [0.5, 0.6) is 5.75 Å². The van der Waals surface area contributed by atoms with Gasteiger partial charge < -0.3 is 20.1 Å². The molecule has 15 heteroatoms. The van der Waals surface area contributed by atoms with Gasteiger partial charge in [-0.3, -0.25) is 4.79 Å². The van der Waals surface area contributed by atoms with Crippen LogP contribution in [0.1, 0.15) is 49.6 Å². The number of hydrogen-bond acceptors (Lipinski definition) is 7. The van der Waals surface area contributed by atoms with E-state index in [1.54, 1.807) is 4.90 Å². The first-order chi connectivity index (χ1) is 19.1. The molecular weight excluding hydrogens is 558 g/mol. The number of amides is 1. The van der Waals surface area contributed by atoms with Crippen molar-refractivity contribution in [3.8, 4) is 11.4 Å². The molecule has 2 atom stereocenters. The zero-order valence-corrected chi connectivity index (χ0v) is 22.1. The van der Waals surface area contributed by atoms with E-state index in [1.807, 2.05) is 30.3 Å². The fraction of sp³-hybridized carbons (Fsp3) is 0.462. The van der Waals surface area contributed by atoms with Crippen molar-refractivity contribution in [3.05, 3.63) is 65.5 Å². The van der Waals surface area contributed by atoms with Crippen molar-refractivity contribution in [1.29, 1.82) is 0 Å². The highest BCUT2D eigenvalue weighted by Crippen LogP contribution is 2.33. The van der Waals surface area contributed by atoms with Gasteiger partial charge in [0, 0.05) is 37.2 Å². The fourth-order valence-electron chi connectivity index (χ4n) is 4.78. The number of carbonyl (C=O) groups excluding carboxylic acids is 1. The topological polar surface area (TPSA) is 105 Å². The minimum Gasteiger partial charge on any atom is -0.405 e. The lowest BCUT2D eigenvalue weighted by atomic mass is 9.85. The Morgan fingerprint density at radius 3 is 2.44 bits per heavy atom. The molecule has 1 aliphatic rings. The number of halogens is 6. The number of aliphatic hydroxyl groups is 1. The molecule has 0 saturated carbocycles. The van der Waals surface area contributed by atoms with Gasteiger partial charge in [-0.15, -0.1) is 18.3 Å². The third-order valence-corrected chi connectivity index (χ3v) is 6.57. The molecule has 0 unspecified atom stereocenters. The summed E-state index contributed by atoms with van der Waals surface area (Å²) in [6, 6.07) is 11.9. The van der Waals surface area contributed by atoms with E-state index in [-0.39, 0.29) is 42.1 Å². The number of nitrogens with one attached hydrogen (secondary N) is 1. The second-order valence-electron chi connectivity index (χ2n) is 10.4. The summed E-state index contributed by atoms with van der Waals surface area (Å²) in [7, 11) is 0. The van der Waals surface area contributed by atoms with Gasteiger partial charge in [-0.05, 0) is 54.5 Å². The van der Waals surface area contributed by atoms with Gasteiger partial charge in [0.05, 0.1) is 17.7 Å². The Bertz CT molecular complexity index is 1340. The highest BCUT2D eigenvalue weighted by Gasteiger charge is 2.39. The maximum atomic E-state index is 13.4. The maximum Gasteiger partial charge on any atom is 0.573 e. The maximum absolute atomic E-state index is 13.4. The number of hydrogen-bond donors (Lipinski definition) is 2. The number of carbonyl (C=O) groups is 1. The standard InChI is InChI=1S/C26H28F6N6O3/c1-24(2,40)13-22(39)37-11-10-20(19(15-37)16-6-4-3-5-7-16)33-14-17-12-18(8-9-21(17)41-26(30,31)32)38-23(25(27,28)29)34-35-36-38/h3-9,12,19-20,33,40H,10-11,13-15H2,1-2H3/t19-,20-/m0/s1. The lowest BCUT2D eigenvalue weighted by Crippen LogP contribution is -2.50. The van der Waals surface area contributed by atoms with E-state index in [9.17, 15) is 36.2 Å². The molecule has 9 nitrogen and oxygen atoms in total. The van der Waals surface area contributed by atoms with Gasteiger partial charge in [-0.1, -0.05) is 30.3 Å². The number of likely N-dealkylation sites (tertiary alicyclic amines) is 1. The summed E-state index contributed by atoms with van der Waals surface area (Å²) in [5, 5.41) is 22.7. The van der Waals surface area contributed by atoms with E-state index >= 15 is 0 Å². The Kier molecular flexibility index (Phi) is 8.59. The minimum atomic E-state index is -5.04. The monoisotopic (exact) mass is 586 g/mol. The summed E-state index contributed by atoms with van der Waals surface area (Å²) in [6.45, 7) is 3.50.